The molecule has 1 fully saturated rings. The first-order valence-electron chi connectivity index (χ1n) is 7.24. The van der Waals surface area contributed by atoms with Gasteiger partial charge in [0, 0.05) is 12.6 Å². The average molecular weight is 276 g/mol. The Kier molecular flexibility index (Phi) is 4.78. The predicted octanol–water partition coefficient (Wildman–Crippen LogP) is 1.47. The fourth-order valence-electron chi connectivity index (χ4n) is 2.56. The summed E-state index contributed by atoms with van der Waals surface area (Å²) in [7, 11) is 0. The van der Waals surface area contributed by atoms with E-state index in [1.165, 1.54) is 11.1 Å². The number of rotatable bonds is 5. The number of carbonyl (C=O) groups excluding carboxylic acids is 1. The molecular weight excluding hydrogens is 252 g/mol. The predicted molar refractivity (Wildman–Crippen MR) is 79.6 cm³/mol. The zero-order valence-electron chi connectivity index (χ0n) is 12.5. The van der Waals surface area contributed by atoms with Crippen LogP contribution in [0.4, 0.5) is 0 Å². The molecule has 110 valence electrons. The lowest BCUT2D eigenvalue weighted by molar-refractivity contribution is -0.125. The number of hydrogen-bond donors (Lipinski definition) is 2. The quantitative estimate of drug-likeness (QED) is 0.856. The van der Waals surface area contributed by atoms with Gasteiger partial charge in [-0.25, -0.2) is 0 Å². The van der Waals surface area contributed by atoms with Gasteiger partial charge in [0.2, 0.25) is 5.91 Å². The summed E-state index contributed by atoms with van der Waals surface area (Å²) in [5, 5.41) is 2.99. The van der Waals surface area contributed by atoms with Crippen LogP contribution in [0.1, 0.15) is 30.0 Å². The molecule has 0 spiro atoms. The first-order chi connectivity index (χ1) is 9.51. The summed E-state index contributed by atoms with van der Waals surface area (Å²) in [6.45, 7) is 6.74. The molecule has 1 aromatic rings. The Morgan fingerprint density at radius 1 is 1.40 bits per heavy atom. The normalized spacial score (nSPS) is 25.1. The van der Waals surface area contributed by atoms with Gasteiger partial charge in [0.1, 0.15) is 0 Å². The SMILES string of the molecule is CCOC1CC(N)C1NC(=O)Cc1ccc(C)c(C)c1. The van der Waals surface area contributed by atoms with Crippen LogP contribution in [0.25, 0.3) is 0 Å². The smallest absolute Gasteiger partial charge is 0.224 e. The van der Waals surface area contributed by atoms with E-state index in [4.69, 9.17) is 10.5 Å². The molecule has 1 amide bonds. The molecule has 1 aliphatic carbocycles. The van der Waals surface area contributed by atoms with E-state index >= 15 is 0 Å². The van der Waals surface area contributed by atoms with Crippen LogP contribution in [0.15, 0.2) is 18.2 Å². The van der Waals surface area contributed by atoms with Crippen LogP contribution in [-0.4, -0.2) is 30.7 Å². The Morgan fingerprint density at radius 3 is 2.75 bits per heavy atom. The highest BCUT2D eigenvalue weighted by Gasteiger charge is 2.40. The van der Waals surface area contributed by atoms with Gasteiger partial charge in [-0.15, -0.1) is 0 Å². The summed E-state index contributed by atoms with van der Waals surface area (Å²) in [6, 6.07) is 6.08. The summed E-state index contributed by atoms with van der Waals surface area (Å²) >= 11 is 0. The molecule has 0 saturated heterocycles. The molecule has 4 nitrogen and oxygen atoms in total. The van der Waals surface area contributed by atoms with Crippen molar-refractivity contribution >= 4 is 5.91 Å². The van der Waals surface area contributed by atoms with E-state index < -0.39 is 0 Å². The molecular formula is C16H24N2O2. The highest BCUT2D eigenvalue weighted by molar-refractivity contribution is 5.79. The number of benzene rings is 1. The summed E-state index contributed by atoms with van der Waals surface area (Å²) < 4.78 is 5.55. The van der Waals surface area contributed by atoms with Crippen molar-refractivity contribution in [1.82, 2.24) is 5.32 Å². The van der Waals surface area contributed by atoms with Gasteiger partial charge in [-0.3, -0.25) is 4.79 Å². The van der Waals surface area contributed by atoms with E-state index in [0.717, 1.165) is 12.0 Å². The van der Waals surface area contributed by atoms with E-state index in [1.807, 2.05) is 13.0 Å². The third kappa shape index (κ3) is 3.38. The highest BCUT2D eigenvalue weighted by atomic mass is 16.5. The van der Waals surface area contributed by atoms with Crippen molar-refractivity contribution < 1.29 is 9.53 Å². The average Bonchev–Trinajstić information content (AvgIpc) is 2.40. The second kappa shape index (κ2) is 6.37. The second-order valence-corrected chi connectivity index (χ2v) is 5.58. The van der Waals surface area contributed by atoms with E-state index in [0.29, 0.717) is 13.0 Å². The molecule has 0 bridgehead atoms. The van der Waals surface area contributed by atoms with Gasteiger partial charge >= 0.3 is 0 Å². The lowest BCUT2D eigenvalue weighted by atomic mass is 9.83. The highest BCUT2D eigenvalue weighted by Crippen LogP contribution is 2.22. The molecule has 20 heavy (non-hydrogen) atoms. The second-order valence-electron chi connectivity index (χ2n) is 5.58. The van der Waals surface area contributed by atoms with Crippen LogP contribution in [0.2, 0.25) is 0 Å². The fourth-order valence-corrected chi connectivity index (χ4v) is 2.56. The maximum absolute atomic E-state index is 12.1. The lowest BCUT2D eigenvalue weighted by Gasteiger charge is -2.42. The van der Waals surface area contributed by atoms with Crippen LogP contribution < -0.4 is 11.1 Å². The molecule has 4 heteroatoms. The third-order valence-electron chi connectivity index (χ3n) is 4.01. The summed E-state index contributed by atoms with van der Waals surface area (Å²) in [5.41, 5.74) is 9.42. The van der Waals surface area contributed by atoms with E-state index in [2.05, 4.69) is 31.3 Å². The fraction of sp³-hybridized carbons (Fsp3) is 0.562. The van der Waals surface area contributed by atoms with Crippen molar-refractivity contribution in [2.24, 2.45) is 5.73 Å². The van der Waals surface area contributed by atoms with Crippen molar-refractivity contribution in [3.63, 3.8) is 0 Å². The lowest BCUT2D eigenvalue weighted by Crippen LogP contribution is -2.64. The van der Waals surface area contributed by atoms with Crippen LogP contribution in [0, 0.1) is 13.8 Å². The van der Waals surface area contributed by atoms with E-state index in [-0.39, 0.29) is 24.1 Å². The Labute approximate surface area is 120 Å². The number of carbonyl (C=O) groups is 1. The van der Waals surface area contributed by atoms with E-state index in [1.54, 1.807) is 0 Å². The van der Waals surface area contributed by atoms with Gasteiger partial charge in [-0.05, 0) is 43.9 Å². The van der Waals surface area contributed by atoms with Gasteiger partial charge in [-0.1, -0.05) is 18.2 Å². The van der Waals surface area contributed by atoms with E-state index in [9.17, 15) is 4.79 Å². The molecule has 3 unspecified atom stereocenters. The topological polar surface area (TPSA) is 64.3 Å². The molecule has 1 aromatic carbocycles. The molecule has 0 aromatic heterocycles. The minimum Gasteiger partial charge on any atom is -0.376 e. The molecule has 0 radical (unpaired) electrons. The zero-order valence-corrected chi connectivity index (χ0v) is 12.5. The van der Waals surface area contributed by atoms with Crippen molar-refractivity contribution in [2.75, 3.05) is 6.61 Å². The van der Waals surface area contributed by atoms with Crippen molar-refractivity contribution in [2.45, 2.75) is 51.8 Å². The van der Waals surface area contributed by atoms with Crippen LogP contribution in [-0.2, 0) is 16.0 Å². The Morgan fingerprint density at radius 2 is 2.15 bits per heavy atom. The number of nitrogens with two attached hydrogens (primary N) is 1. The first-order valence-corrected chi connectivity index (χ1v) is 7.24. The summed E-state index contributed by atoms with van der Waals surface area (Å²) in [4.78, 5) is 12.1. The molecule has 3 atom stereocenters. The van der Waals surface area contributed by atoms with Gasteiger partial charge in [0.25, 0.3) is 0 Å². The maximum Gasteiger partial charge on any atom is 0.224 e. The van der Waals surface area contributed by atoms with Gasteiger partial charge in [0.05, 0.1) is 18.6 Å². The molecule has 0 aliphatic heterocycles. The Balaban J connectivity index is 1.90. The number of amides is 1. The van der Waals surface area contributed by atoms with Crippen molar-refractivity contribution in [3.8, 4) is 0 Å². The molecule has 3 N–H and O–H groups in total. The van der Waals surface area contributed by atoms with Gasteiger partial charge in [0.15, 0.2) is 0 Å². The minimum absolute atomic E-state index is 0.00949. The monoisotopic (exact) mass is 276 g/mol. The number of aryl methyl sites for hydroxylation is 2. The maximum atomic E-state index is 12.1. The zero-order chi connectivity index (χ0) is 14.7. The largest absolute Gasteiger partial charge is 0.376 e. The Bertz CT molecular complexity index is 485. The minimum atomic E-state index is -0.0472. The van der Waals surface area contributed by atoms with Crippen LogP contribution in [0.3, 0.4) is 0 Å². The first kappa shape index (κ1) is 15.0. The summed E-state index contributed by atoms with van der Waals surface area (Å²) in [6.07, 6.45) is 1.28. The molecule has 1 saturated carbocycles. The molecule has 0 heterocycles. The molecule has 1 aliphatic rings. The molecule has 2 rings (SSSR count). The van der Waals surface area contributed by atoms with Crippen LogP contribution >= 0.6 is 0 Å². The standard InChI is InChI=1S/C16H24N2O2/c1-4-20-14-9-13(17)16(14)18-15(19)8-12-6-5-10(2)11(3)7-12/h5-7,13-14,16H,4,8-9,17H2,1-3H3,(H,18,19). The van der Waals surface area contributed by atoms with Crippen molar-refractivity contribution in [3.05, 3.63) is 34.9 Å². The third-order valence-corrected chi connectivity index (χ3v) is 4.01. The number of hydrogen-bond acceptors (Lipinski definition) is 3. The number of ether oxygens (including phenoxy) is 1. The van der Waals surface area contributed by atoms with Gasteiger partial charge < -0.3 is 15.8 Å². The van der Waals surface area contributed by atoms with Gasteiger partial charge in [-0.2, -0.15) is 0 Å². The van der Waals surface area contributed by atoms with Crippen LogP contribution in [0.5, 0.6) is 0 Å². The number of nitrogens with one attached hydrogen (secondary N) is 1. The summed E-state index contributed by atoms with van der Waals surface area (Å²) in [5.74, 6) is 0.0121. The van der Waals surface area contributed by atoms with Crippen molar-refractivity contribution in [1.29, 1.82) is 0 Å². The Hall–Kier alpha value is -1.39.